The van der Waals surface area contributed by atoms with Crippen LogP contribution in [0.25, 0.3) is 0 Å². The molecule has 1 amide bonds. The monoisotopic (exact) mass is 432 g/mol. The van der Waals surface area contributed by atoms with Crippen molar-refractivity contribution in [1.82, 2.24) is 10.2 Å². The second kappa shape index (κ2) is 9.88. The zero-order chi connectivity index (χ0) is 19.1. The highest BCUT2D eigenvalue weighted by atomic mass is 79.9. The summed E-state index contributed by atoms with van der Waals surface area (Å²) in [5.41, 5.74) is 1.59. The van der Waals surface area contributed by atoms with E-state index in [2.05, 4.69) is 26.1 Å². The quantitative estimate of drug-likeness (QED) is 0.727. The number of hydrogen-bond acceptors (Lipinski definition) is 4. The second-order valence-electron chi connectivity index (χ2n) is 6.66. The van der Waals surface area contributed by atoms with Crippen LogP contribution in [0, 0.1) is 0 Å². The maximum Gasteiger partial charge on any atom is 0.255 e. The van der Waals surface area contributed by atoms with Gasteiger partial charge in [-0.05, 0) is 25.1 Å². The van der Waals surface area contributed by atoms with E-state index in [4.69, 9.17) is 9.47 Å². The molecule has 1 fully saturated rings. The highest BCUT2D eigenvalue weighted by molar-refractivity contribution is 9.10. The number of nitrogens with one attached hydrogen (secondary N) is 1. The minimum Gasteiger partial charge on any atom is -0.488 e. The fourth-order valence-corrected chi connectivity index (χ4v) is 3.47. The molecule has 2 aromatic carbocycles. The second-order valence-corrected chi connectivity index (χ2v) is 7.52. The van der Waals surface area contributed by atoms with Crippen LogP contribution in [0.2, 0.25) is 0 Å². The normalized spacial score (nSPS) is 15.9. The molecule has 0 saturated carbocycles. The van der Waals surface area contributed by atoms with Gasteiger partial charge in [-0.25, -0.2) is 0 Å². The number of rotatable bonds is 7. The topological polar surface area (TPSA) is 50.8 Å². The first kappa shape index (κ1) is 19.9. The van der Waals surface area contributed by atoms with Gasteiger partial charge in [0.15, 0.2) is 0 Å². The van der Waals surface area contributed by atoms with Crippen molar-refractivity contribution >= 4 is 21.8 Å². The van der Waals surface area contributed by atoms with Crippen LogP contribution in [0.5, 0.6) is 5.75 Å². The van der Waals surface area contributed by atoms with Crippen LogP contribution in [0.3, 0.4) is 0 Å². The molecule has 0 spiro atoms. The number of carbonyl (C=O) groups is 1. The zero-order valence-corrected chi connectivity index (χ0v) is 17.1. The first-order chi connectivity index (χ1) is 13.1. The van der Waals surface area contributed by atoms with Crippen molar-refractivity contribution in [3.8, 4) is 5.75 Å². The average Bonchev–Trinajstić information content (AvgIpc) is 2.68. The lowest BCUT2D eigenvalue weighted by Crippen LogP contribution is -2.46. The third kappa shape index (κ3) is 5.79. The summed E-state index contributed by atoms with van der Waals surface area (Å²) in [6, 6.07) is 15.3. The van der Waals surface area contributed by atoms with Crippen LogP contribution in [0.15, 0.2) is 53.0 Å². The van der Waals surface area contributed by atoms with Crippen molar-refractivity contribution < 1.29 is 14.3 Å². The van der Waals surface area contributed by atoms with Crippen LogP contribution in [-0.4, -0.2) is 49.7 Å². The van der Waals surface area contributed by atoms with E-state index in [0.717, 1.165) is 42.9 Å². The molecule has 27 heavy (non-hydrogen) atoms. The number of hydrogen-bond donors (Lipinski definition) is 1. The largest absolute Gasteiger partial charge is 0.488 e. The fourth-order valence-electron chi connectivity index (χ4n) is 3.07. The van der Waals surface area contributed by atoms with Gasteiger partial charge in [-0.1, -0.05) is 46.3 Å². The highest BCUT2D eigenvalue weighted by Crippen LogP contribution is 2.22. The van der Waals surface area contributed by atoms with Crippen molar-refractivity contribution in [3.05, 3.63) is 64.1 Å². The Balaban J connectivity index is 1.60. The third-order valence-electron chi connectivity index (χ3n) is 4.49. The minimum atomic E-state index is -0.113. The molecule has 1 heterocycles. The molecular weight excluding hydrogens is 408 g/mol. The lowest BCUT2D eigenvalue weighted by atomic mass is 10.1. The molecule has 0 bridgehead atoms. The Labute approximate surface area is 168 Å². The average molecular weight is 433 g/mol. The van der Waals surface area contributed by atoms with Gasteiger partial charge in [-0.15, -0.1) is 0 Å². The number of ether oxygens (including phenoxy) is 2. The van der Waals surface area contributed by atoms with Gasteiger partial charge in [0, 0.05) is 35.7 Å². The maximum absolute atomic E-state index is 12.8. The molecule has 1 N–H and O–H groups in total. The predicted octanol–water partition coefficient (Wildman–Crippen LogP) is 3.48. The van der Waals surface area contributed by atoms with Crippen molar-refractivity contribution in [1.29, 1.82) is 0 Å². The molecule has 144 valence electrons. The fraction of sp³-hybridized carbons (Fsp3) is 0.381. The van der Waals surface area contributed by atoms with Gasteiger partial charge < -0.3 is 14.8 Å². The van der Waals surface area contributed by atoms with E-state index in [1.54, 1.807) is 6.07 Å². The number of benzene rings is 2. The summed E-state index contributed by atoms with van der Waals surface area (Å²) >= 11 is 3.52. The molecule has 5 nitrogen and oxygen atoms in total. The number of amides is 1. The number of nitrogens with zero attached hydrogens (tertiary/aromatic N) is 1. The lowest BCUT2D eigenvalue weighted by molar-refractivity contribution is 0.0342. The summed E-state index contributed by atoms with van der Waals surface area (Å²) in [4.78, 5) is 15.1. The Kier molecular flexibility index (Phi) is 7.26. The molecule has 1 atom stereocenters. The Morgan fingerprint density at radius 1 is 1.19 bits per heavy atom. The Morgan fingerprint density at radius 2 is 1.89 bits per heavy atom. The molecule has 1 unspecified atom stereocenters. The maximum atomic E-state index is 12.8. The SMILES string of the molecule is CC(CN1CCOCC1)NC(=O)c1ccccc1OCc1ccccc1Br. The predicted molar refractivity (Wildman–Crippen MR) is 109 cm³/mol. The van der Waals surface area contributed by atoms with E-state index in [1.165, 1.54) is 0 Å². The number of morpholine rings is 1. The van der Waals surface area contributed by atoms with Crippen molar-refractivity contribution in [2.24, 2.45) is 0 Å². The van der Waals surface area contributed by atoms with Crippen molar-refractivity contribution in [2.45, 2.75) is 19.6 Å². The minimum absolute atomic E-state index is 0.0481. The summed E-state index contributed by atoms with van der Waals surface area (Å²) in [5, 5.41) is 3.08. The van der Waals surface area contributed by atoms with E-state index in [-0.39, 0.29) is 11.9 Å². The molecule has 6 heteroatoms. The Morgan fingerprint density at radius 3 is 2.67 bits per heavy atom. The summed E-state index contributed by atoms with van der Waals surface area (Å²) in [5.74, 6) is 0.475. The third-order valence-corrected chi connectivity index (χ3v) is 5.26. The first-order valence-electron chi connectivity index (χ1n) is 9.19. The smallest absolute Gasteiger partial charge is 0.255 e. The van der Waals surface area contributed by atoms with Crippen LogP contribution in [0.4, 0.5) is 0 Å². The standard InChI is InChI=1S/C21H25BrN2O3/c1-16(14-24-10-12-26-13-11-24)23-21(25)18-7-3-5-9-20(18)27-15-17-6-2-4-8-19(17)22/h2-9,16H,10-15H2,1H3,(H,23,25). The molecule has 3 rings (SSSR count). The van der Waals surface area contributed by atoms with E-state index in [1.807, 2.05) is 49.4 Å². The Bertz CT molecular complexity index is 763. The van der Waals surface area contributed by atoms with Gasteiger partial charge in [-0.2, -0.15) is 0 Å². The lowest BCUT2D eigenvalue weighted by Gasteiger charge is -2.29. The molecule has 0 aromatic heterocycles. The highest BCUT2D eigenvalue weighted by Gasteiger charge is 2.18. The van der Waals surface area contributed by atoms with Gasteiger partial charge in [0.25, 0.3) is 5.91 Å². The Hall–Kier alpha value is -1.89. The summed E-state index contributed by atoms with van der Waals surface area (Å²) in [6.07, 6.45) is 0. The molecule has 2 aromatic rings. The number of halogens is 1. The summed E-state index contributed by atoms with van der Waals surface area (Å²) < 4.78 is 12.3. The molecule has 0 aliphatic carbocycles. The number of carbonyl (C=O) groups excluding carboxylic acids is 1. The molecular formula is C21H25BrN2O3. The van der Waals surface area contributed by atoms with E-state index in [0.29, 0.717) is 17.9 Å². The van der Waals surface area contributed by atoms with Gasteiger partial charge in [0.05, 0.1) is 18.8 Å². The van der Waals surface area contributed by atoms with Crippen molar-refractivity contribution in [2.75, 3.05) is 32.8 Å². The molecule has 1 aliphatic heterocycles. The first-order valence-corrected chi connectivity index (χ1v) is 9.99. The van der Waals surface area contributed by atoms with Crippen molar-refractivity contribution in [3.63, 3.8) is 0 Å². The molecule has 0 radical (unpaired) electrons. The zero-order valence-electron chi connectivity index (χ0n) is 15.5. The summed E-state index contributed by atoms with van der Waals surface area (Å²) in [6.45, 7) is 6.57. The van der Waals surface area contributed by atoms with E-state index >= 15 is 0 Å². The van der Waals surface area contributed by atoms with E-state index in [9.17, 15) is 4.79 Å². The summed E-state index contributed by atoms with van der Waals surface area (Å²) in [7, 11) is 0. The van der Waals surface area contributed by atoms with Crippen LogP contribution in [-0.2, 0) is 11.3 Å². The van der Waals surface area contributed by atoms with Crippen LogP contribution < -0.4 is 10.1 Å². The molecule has 1 aliphatic rings. The van der Waals surface area contributed by atoms with Crippen LogP contribution in [0.1, 0.15) is 22.8 Å². The van der Waals surface area contributed by atoms with Crippen LogP contribution >= 0.6 is 15.9 Å². The van der Waals surface area contributed by atoms with Gasteiger partial charge in [-0.3, -0.25) is 9.69 Å². The van der Waals surface area contributed by atoms with Gasteiger partial charge in [0.2, 0.25) is 0 Å². The number of para-hydroxylation sites is 1. The van der Waals surface area contributed by atoms with Gasteiger partial charge in [0.1, 0.15) is 12.4 Å². The van der Waals surface area contributed by atoms with Gasteiger partial charge >= 0.3 is 0 Å². The van der Waals surface area contributed by atoms with E-state index < -0.39 is 0 Å². The molecule has 1 saturated heterocycles.